The molecule has 0 bridgehead atoms. The molecule has 0 aliphatic heterocycles. The van der Waals surface area contributed by atoms with Crippen molar-refractivity contribution >= 4 is 16.8 Å². The second kappa shape index (κ2) is 7.84. The van der Waals surface area contributed by atoms with Crippen molar-refractivity contribution in [2.45, 2.75) is 19.4 Å². The number of rotatable bonds is 6. The van der Waals surface area contributed by atoms with Gasteiger partial charge < -0.3 is 4.90 Å². The van der Waals surface area contributed by atoms with Crippen LogP contribution in [0.15, 0.2) is 29.3 Å². The van der Waals surface area contributed by atoms with Crippen molar-refractivity contribution < 1.29 is 9.18 Å². The summed E-state index contributed by atoms with van der Waals surface area (Å²) >= 11 is 0. The van der Waals surface area contributed by atoms with Crippen molar-refractivity contribution in [3.8, 4) is 12.1 Å². The van der Waals surface area contributed by atoms with E-state index >= 15 is 0 Å². The molecule has 122 valence electrons. The van der Waals surface area contributed by atoms with Crippen LogP contribution in [0.4, 0.5) is 4.39 Å². The highest BCUT2D eigenvalue weighted by Gasteiger charge is 2.15. The van der Waals surface area contributed by atoms with E-state index in [1.165, 1.54) is 17.3 Å². The molecule has 2 aromatic rings. The highest BCUT2D eigenvalue weighted by Crippen LogP contribution is 2.08. The lowest BCUT2D eigenvalue weighted by Gasteiger charge is -2.20. The third-order valence-electron chi connectivity index (χ3n) is 3.43. The van der Waals surface area contributed by atoms with Gasteiger partial charge in [-0.05, 0) is 12.1 Å². The zero-order valence-electron chi connectivity index (χ0n) is 12.8. The summed E-state index contributed by atoms with van der Waals surface area (Å²) in [4.78, 5) is 30.0. The Balaban J connectivity index is 2.24. The van der Waals surface area contributed by atoms with E-state index in [-0.39, 0.29) is 49.3 Å². The Bertz CT molecular complexity index is 876. The molecule has 0 spiro atoms. The maximum absolute atomic E-state index is 13.2. The highest BCUT2D eigenvalue weighted by molar-refractivity contribution is 5.79. The molecule has 7 nitrogen and oxygen atoms in total. The lowest BCUT2D eigenvalue weighted by atomic mass is 10.2. The second-order valence-electron chi connectivity index (χ2n) is 5.04. The zero-order chi connectivity index (χ0) is 17.5. The molecular formula is C16H14FN5O2. The maximum atomic E-state index is 13.2. The lowest BCUT2D eigenvalue weighted by molar-refractivity contribution is -0.131. The van der Waals surface area contributed by atoms with Crippen molar-refractivity contribution in [1.29, 1.82) is 10.5 Å². The van der Waals surface area contributed by atoms with E-state index in [2.05, 4.69) is 4.98 Å². The largest absolute Gasteiger partial charge is 0.339 e. The van der Waals surface area contributed by atoms with Crippen molar-refractivity contribution in [3.05, 3.63) is 40.7 Å². The second-order valence-corrected chi connectivity index (χ2v) is 5.04. The first-order valence-electron chi connectivity index (χ1n) is 7.23. The Morgan fingerprint density at radius 1 is 1.25 bits per heavy atom. The van der Waals surface area contributed by atoms with Gasteiger partial charge in [0.1, 0.15) is 12.4 Å². The van der Waals surface area contributed by atoms with E-state index in [4.69, 9.17) is 10.5 Å². The summed E-state index contributed by atoms with van der Waals surface area (Å²) in [5, 5.41) is 17.5. The molecule has 24 heavy (non-hydrogen) atoms. The van der Waals surface area contributed by atoms with Crippen LogP contribution >= 0.6 is 0 Å². The van der Waals surface area contributed by atoms with Crippen LogP contribution in [-0.2, 0) is 11.3 Å². The lowest BCUT2D eigenvalue weighted by Crippen LogP contribution is -2.37. The van der Waals surface area contributed by atoms with Gasteiger partial charge in [-0.15, -0.1) is 0 Å². The minimum absolute atomic E-state index is 0.140. The Hall–Kier alpha value is -3.26. The van der Waals surface area contributed by atoms with Crippen LogP contribution in [0.1, 0.15) is 12.8 Å². The van der Waals surface area contributed by atoms with Crippen LogP contribution in [0.5, 0.6) is 0 Å². The number of amides is 1. The first-order chi connectivity index (χ1) is 11.6. The van der Waals surface area contributed by atoms with Crippen LogP contribution < -0.4 is 5.56 Å². The standard InChI is InChI=1S/C16H14FN5O2/c17-12-3-4-13-14(9-12)20-11-22(16(13)24)10-15(23)21(7-1-5-18)8-2-6-19/h3-4,9,11H,1-2,7-8,10H2. The number of carbonyl (C=O) groups is 1. The van der Waals surface area contributed by atoms with Crippen molar-refractivity contribution in [3.63, 3.8) is 0 Å². The van der Waals surface area contributed by atoms with Gasteiger partial charge in [-0.25, -0.2) is 9.37 Å². The Labute approximate surface area is 137 Å². The number of nitrogens with zero attached hydrogens (tertiary/aromatic N) is 5. The number of hydrogen-bond donors (Lipinski definition) is 0. The third-order valence-corrected chi connectivity index (χ3v) is 3.43. The van der Waals surface area contributed by atoms with Crippen molar-refractivity contribution in [2.75, 3.05) is 13.1 Å². The summed E-state index contributed by atoms with van der Waals surface area (Å²) in [5.74, 6) is -0.881. The van der Waals surface area contributed by atoms with Crippen LogP contribution in [0.3, 0.4) is 0 Å². The SMILES string of the molecule is N#CCCN(CCC#N)C(=O)Cn1cnc2cc(F)ccc2c1=O. The Kier molecular flexibility index (Phi) is 5.58. The van der Waals surface area contributed by atoms with Gasteiger partial charge in [-0.1, -0.05) is 0 Å². The van der Waals surface area contributed by atoms with Crippen LogP contribution in [0.25, 0.3) is 10.9 Å². The van der Waals surface area contributed by atoms with Crippen LogP contribution in [-0.4, -0.2) is 33.4 Å². The number of carbonyl (C=O) groups excluding carboxylic acids is 1. The highest BCUT2D eigenvalue weighted by atomic mass is 19.1. The summed E-state index contributed by atoms with van der Waals surface area (Å²) in [6.45, 7) is 0.131. The molecular weight excluding hydrogens is 313 g/mol. The summed E-state index contributed by atoms with van der Waals surface area (Å²) in [7, 11) is 0. The van der Waals surface area contributed by atoms with E-state index in [1.54, 1.807) is 0 Å². The molecule has 1 amide bonds. The topological polar surface area (TPSA) is 103 Å². The van der Waals surface area contributed by atoms with Crippen LogP contribution in [0.2, 0.25) is 0 Å². The van der Waals surface area contributed by atoms with E-state index < -0.39 is 11.4 Å². The van der Waals surface area contributed by atoms with E-state index in [0.29, 0.717) is 0 Å². The minimum atomic E-state index is -0.498. The van der Waals surface area contributed by atoms with Gasteiger partial charge in [0.15, 0.2) is 0 Å². The Morgan fingerprint density at radius 3 is 2.54 bits per heavy atom. The molecule has 2 rings (SSSR count). The first kappa shape index (κ1) is 17.1. The maximum Gasteiger partial charge on any atom is 0.261 e. The van der Waals surface area contributed by atoms with E-state index in [9.17, 15) is 14.0 Å². The summed E-state index contributed by atoms with van der Waals surface area (Å²) < 4.78 is 14.3. The molecule has 0 saturated heterocycles. The fourth-order valence-corrected chi connectivity index (χ4v) is 2.22. The summed E-state index contributed by atoms with van der Waals surface area (Å²) in [6.07, 6.45) is 1.47. The van der Waals surface area contributed by atoms with Gasteiger partial charge in [0, 0.05) is 19.2 Å². The van der Waals surface area contributed by atoms with Crippen molar-refractivity contribution in [2.24, 2.45) is 0 Å². The first-order valence-corrected chi connectivity index (χ1v) is 7.23. The molecule has 8 heteroatoms. The van der Waals surface area contributed by atoms with Gasteiger partial charge in [-0.2, -0.15) is 10.5 Å². The van der Waals surface area contributed by atoms with Gasteiger partial charge >= 0.3 is 0 Å². The predicted molar refractivity (Wildman–Crippen MR) is 83.0 cm³/mol. The molecule has 1 aromatic heterocycles. The number of halogens is 1. The van der Waals surface area contributed by atoms with E-state index in [1.807, 2.05) is 12.1 Å². The summed E-state index contributed by atoms with van der Waals surface area (Å²) in [6, 6.07) is 7.51. The molecule has 0 fully saturated rings. The normalized spacial score (nSPS) is 10.1. The smallest absolute Gasteiger partial charge is 0.261 e. The molecule has 0 unspecified atom stereocenters. The van der Waals surface area contributed by atoms with Crippen LogP contribution in [0, 0.1) is 28.5 Å². The average molecular weight is 327 g/mol. The van der Waals surface area contributed by atoms with Gasteiger partial charge in [0.25, 0.3) is 5.56 Å². The molecule has 0 aliphatic rings. The molecule has 1 heterocycles. The fraction of sp³-hybridized carbons (Fsp3) is 0.312. The number of aromatic nitrogens is 2. The quantitative estimate of drug-likeness (QED) is 0.793. The Morgan fingerprint density at radius 2 is 1.92 bits per heavy atom. The van der Waals surface area contributed by atoms with Gasteiger partial charge in [0.2, 0.25) is 5.91 Å². The number of nitriles is 2. The molecule has 0 atom stereocenters. The number of hydrogen-bond acceptors (Lipinski definition) is 5. The molecule has 0 radical (unpaired) electrons. The monoisotopic (exact) mass is 327 g/mol. The van der Waals surface area contributed by atoms with Gasteiger partial charge in [-0.3, -0.25) is 14.2 Å². The average Bonchev–Trinajstić information content (AvgIpc) is 2.57. The summed E-state index contributed by atoms with van der Waals surface area (Å²) in [5.41, 5.74) is -0.233. The van der Waals surface area contributed by atoms with E-state index in [0.717, 1.165) is 16.7 Å². The minimum Gasteiger partial charge on any atom is -0.339 e. The molecule has 0 aliphatic carbocycles. The molecule has 1 aromatic carbocycles. The number of benzene rings is 1. The predicted octanol–water partition coefficient (Wildman–Crippen LogP) is 1.19. The van der Waals surface area contributed by atoms with Crippen molar-refractivity contribution in [1.82, 2.24) is 14.5 Å². The van der Waals surface area contributed by atoms with Gasteiger partial charge in [0.05, 0.1) is 42.2 Å². The third kappa shape index (κ3) is 3.93. The zero-order valence-corrected chi connectivity index (χ0v) is 12.8. The molecule has 0 N–H and O–H groups in total. The molecule has 0 saturated carbocycles. The fourth-order valence-electron chi connectivity index (χ4n) is 2.22. The number of fused-ring (bicyclic) bond motifs is 1.